The lowest BCUT2D eigenvalue weighted by molar-refractivity contribution is 0.399. The fraction of sp³-hybridized carbons (Fsp3) is 0.100. The first-order valence-electron chi connectivity index (χ1n) is 4.17. The maximum Gasteiger partial charge on any atom is 0.148 e. The molecule has 0 spiro atoms. The predicted octanol–water partition coefficient (Wildman–Crippen LogP) is 4.72. The molecule has 1 heterocycles. The largest absolute Gasteiger partial charge is 0.360 e. The van der Waals surface area contributed by atoms with Gasteiger partial charge in [0.15, 0.2) is 0 Å². The molecule has 0 aliphatic carbocycles. The van der Waals surface area contributed by atoms with Gasteiger partial charge < -0.3 is 4.52 Å². The third-order valence-electron chi connectivity index (χ3n) is 2.00. The van der Waals surface area contributed by atoms with Crippen LogP contribution in [-0.2, 0) is 0 Å². The Balaban J connectivity index is 2.64. The minimum atomic E-state index is 0.480. The van der Waals surface area contributed by atoms with Crippen LogP contribution in [0.4, 0.5) is 0 Å². The molecular formula is C10H6BrCl2NO. The molecule has 78 valence electrons. The SMILES string of the molecule is Cc1onc(-c2cccc(Cl)c2Cl)c1Br. The maximum absolute atomic E-state index is 6.07. The molecule has 0 amide bonds. The van der Waals surface area contributed by atoms with E-state index in [-0.39, 0.29) is 0 Å². The van der Waals surface area contributed by atoms with Gasteiger partial charge in [-0.15, -0.1) is 0 Å². The van der Waals surface area contributed by atoms with Gasteiger partial charge in [-0.25, -0.2) is 0 Å². The monoisotopic (exact) mass is 305 g/mol. The zero-order valence-corrected chi connectivity index (χ0v) is 10.8. The van der Waals surface area contributed by atoms with Crippen LogP contribution < -0.4 is 0 Å². The molecule has 0 atom stereocenters. The van der Waals surface area contributed by atoms with Gasteiger partial charge >= 0.3 is 0 Å². The smallest absolute Gasteiger partial charge is 0.148 e. The molecule has 0 fully saturated rings. The zero-order chi connectivity index (χ0) is 11.0. The van der Waals surface area contributed by atoms with Gasteiger partial charge in [0.2, 0.25) is 0 Å². The van der Waals surface area contributed by atoms with Crippen molar-refractivity contribution < 1.29 is 4.52 Å². The summed E-state index contributed by atoms with van der Waals surface area (Å²) in [6.45, 7) is 1.82. The molecule has 0 saturated heterocycles. The fourth-order valence-corrected chi connectivity index (χ4v) is 1.96. The summed E-state index contributed by atoms with van der Waals surface area (Å²) in [5, 5.41) is 4.90. The summed E-state index contributed by atoms with van der Waals surface area (Å²) in [5.74, 6) is 0.709. The Morgan fingerprint density at radius 1 is 1.33 bits per heavy atom. The molecule has 0 N–H and O–H groups in total. The molecule has 0 bridgehead atoms. The summed E-state index contributed by atoms with van der Waals surface area (Å²) in [4.78, 5) is 0. The van der Waals surface area contributed by atoms with Gasteiger partial charge in [-0.05, 0) is 28.9 Å². The molecule has 0 unspecified atom stereocenters. The topological polar surface area (TPSA) is 26.0 Å². The third-order valence-corrected chi connectivity index (χ3v) is 3.75. The molecule has 0 saturated carbocycles. The van der Waals surface area contributed by atoms with Crippen molar-refractivity contribution >= 4 is 39.1 Å². The van der Waals surface area contributed by atoms with Crippen LogP contribution in [-0.4, -0.2) is 5.16 Å². The molecule has 2 rings (SSSR count). The number of nitrogens with zero attached hydrogens (tertiary/aromatic N) is 1. The first-order chi connectivity index (χ1) is 7.11. The van der Waals surface area contributed by atoms with E-state index in [9.17, 15) is 0 Å². The van der Waals surface area contributed by atoms with E-state index in [4.69, 9.17) is 27.7 Å². The lowest BCUT2D eigenvalue weighted by atomic mass is 10.1. The summed E-state index contributed by atoms with van der Waals surface area (Å²) < 4.78 is 5.84. The van der Waals surface area contributed by atoms with Crippen LogP contribution in [0.1, 0.15) is 5.76 Å². The van der Waals surface area contributed by atoms with Crippen LogP contribution in [0, 0.1) is 6.92 Å². The number of hydrogen-bond acceptors (Lipinski definition) is 2. The van der Waals surface area contributed by atoms with E-state index in [1.165, 1.54) is 0 Å². The van der Waals surface area contributed by atoms with Crippen molar-refractivity contribution in [1.29, 1.82) is 0 Å². The molecule has 1 aromatic heterocycles. The summed E-state index contributed by atoms with van der Waals surface area (Å²) in [7, 11) is 0. The lowest BCUT2D eigenvalue weighted by Gasteiger charge is -2.01. The van der Waals surface area contributed by atoms with E-state index in [0.717, 1.165) is 10.0 Å². The molecular weight excluding hydrogens is 301 g/mol. The molecule has 0 aliphatic rings. The maximum atomic E-state index is 6.07. The minimum Gasteiger partial charge on any atom is -0.360 e. The van der Waals surface area contributed by atoms with Gasteiger partial charge in [0, 0.05) is 5.56 Å². The molecule has 0 radical (unpaired) electrons. The molecule has 5 heteroatoms. The Hall–Kier alpha value is -0.510. The standard InChI is InChI=1S/C10H6BrCl2NO/c1-5-8(11)10(14-15-5)6-3-2-4-7(12)9(6)13/h2-4H,1H3. The van der Waals surface area contributed by atoms with Gasteiger partial charge in [-0.2, -0.15) is 0 Å². The second kappa shape index (κ2) is 4.16. The second-order valence-electron chi connectivity index (χ2n) is 3.00. The van der Waals surface area contributed by atoms with E-state index in [2.05, 4.69) is 21.1 Å². The summed E-state index contributed by atoms with van der Waals surface area (Å²) >= 11 is 15.4. The van der Waals surface area contributed by atoms with Crippen LogP contribution in [0.25, 0.3) is 11.3 Å². The molecule has 2 nitrogen and oxygen atoms in total. The Morgan fingerprint density at radius 2 is 2.07 bits per heavy atom. The van der Waals surface area contributed by atoms with Gasteiger partial charge in [-0.3, -0.25) is 0 Å². The lowest BCUT2D eigenvalue weighted by Crippen LogP contribution is -1.81. The van der Waals surface area contributed by atoms with Gasteiger partial charge in [0.1, 0.15) is 11.5 Å². The second-order valence-corrected chi connectivity index (χ2v) is 4.58. The normalized spacial score (nSPS) is 10.7. The number of aromatic nitrogens is 1. The summed E-state index contributed by atoms with van der Waals surface area (Å²) in [6.07, 6.45) is 0. The van der Waals surface area contributed by atoms with Crippen LogP contribution in [0.3, 0.4) is 0 Å². The van der Waals surface area contributed by atoms with Crippen molar-refractivity contribution in [3.63, 3.8) is 0 Å². The number of aryl methyl sites for hydroxylation is 1. The van der Waals surface area contributed by atoms with Gasteiger partial charge in [-0.1, -0.05) is 40.5 Å². The quantitative estimate of drug-likeness (QED) is 0.762. The molecule has 15 heavy (non-hydrogen) atoms. The van der Waals surface area contributed by atoms with Crippen molar-refractivity contribution in [3.05, 3.63) is 38.5 Å². The van der Waals surface area contributed by atoms with E-state index in [1.807, 2.05) is 19.1 Å². The average molecular weight is 307 g/mol. The van der Waals surface area contributed by atoms with Crippen molar-refractivity contribution in [1.82, 2.24) is 5.16 Å². The first-order valence-corrected chi connectivity index (χ1v) is 5.72. The van der Waals surface area contributed by atoms with Crippen LogP contribution >= 0.6 is 39.1 Å². The molecule has 2 aromatic rings. The van der Waals surface area contributed by atoms with Crippen LogP contribution in [0.5, 0.6) is 0 Å². The minimum absolute atomic E-state index is 0.480. The Kier molecular flexibility index (Phi) is 3.05. The van der Waals surface area contributed by atoms with Crippen molar-refractivity contribution in [2.45, 2.75) is 6.92 Å². The van der Waals surface area contributed by atoms with Crippen LogP contribution in [0.2, 0.25) is 10.0 Å². The number of hydrogen-bond donors (Lipinski definition) is 0. The predicted molar refractivity (Wildman–Crippen MR) is 64.4 cm³/mol. The Bertz CT molecular complexity index is 510. The first kappa shape index (κ1) is 11.0. The summed E-state index contributed by atoms with van der Waals surface area (Å²) in [6, 6.07) is 5.39. The molecule has 1 aromatic carbocycles. The summed E-state index contributed by atoms with van der Waals surface area (Å²) in [5.41, 5.74) is 1.42. The Labute approximate surface area is 105 Å². The van der Waals surface area contributed by atoms with E-state index in [1.54, 1.807) is 6.07 Å². The van der Waals surface area contributed by atoms with E-state index >= 15 is 0 Å². The molecule has 0 aliphatic heterocycles. The highest BCUT2D eigenvalue weighted by molar-refractivity contribution is 9.10. The number of benzene rings is 1. The zero-order valence-electron chi connectivity index (χ0n) is 7.72. The fourth-order valence-electron chi connectivity index (χ4n) is 1.22. The average Bonchev–Trinajstić information content (AvgIpc) is 2.53. The van der Waals surface area contributed by atoms with Crippen molar-refractivity contribution in [3.8, 4) is 11.3 Å². The van der Waals surface area contributed by atoms with E-state index < -0.39 is 0 Å². The van der Waals surface area contributed by atoms with Crippen LogP contribution in [0.15, 0.2) is 27.2 Å². The van der Waals surface area contributed by atoms with Crippen molar-refractivity contribution in [2.24, 2.45) is 0 Å². The van der Waals surface area contributed by atoms with Crippen molar-refractivity contribution in [2.75, 3.05) is 0 Å². The number of rotatable bonds is 1. The highest BCUT2D eigenvalue weighted by atomic mass is 79.9. The number of halogens is 3. The third kappa shape index (κ3) is 1.92. The highest BCUT2D eigenvalue weighted by Gasteiger charge is 2.15. The van der Waals surface area contributed by atoms with E-state index in [0.29, 0.717) is 21.5 Å². The highest BCUT2D eigenvalue weighted by Crippen LogP contribution is 2.37. The Morgan fingerprint density at radius 3 is 2.67 bits per heavy atom. The van der Waals surface area contributed by atoms with Gasteiger partial charge in [0.05, 0.1) is 14.5 Å². The van der Waals surface area contributed by atoms with Gasteiger partial charge in [0.25, 0.3) is 0 Å².